The van der Waals surface area contributed by atoms with Gasteiger partial charge >= 0.3 is 11.9 Å². The smallest absolute Gasteiger partial charge is 0.312 e. The first kappa shape index (κ1) is 56.2. The molecule has 0 amide bonds. The summed E-state index contributed by atoms with van der Waals surface area (Å²) in [5.74, 6) is 5.08. The summed E-state index contributed by atoms with van der Waals surface area (Å²) in [6, 6.07) is 20.6. The number of ether oxygens (including phenoxy) is 2. The number of hydrogen-bond acceptors (Lipinski definition) is 5. The predicted molar refractivity (Wildman–Crippen MR) is 325 cm³/mol. The molecule has 8 saturated carbocycles. The fourth-order valence-electron chi connectivity index (χ4n) is 24.4. The molecular weight excluding hydrogens is 985 g/mol. The van der Waals surface area contributed by atoms with Crippen LogP contribution in [0.1, 0.15) is 210 Å². The Labute approximate surface area is 483 Å². The molecule has 0 N–H and O–H groups in total. The molecular formula is C74H102O4S. The lowest BCUT2D eigenvalue weighted by Gasteiger charge is -2.72. The SMILES string of the molecule is C=C(C)[C@@H]1CC[C@]2(C(=O)OCc3ccccc3)CC[C@]3(C)[C@H](CC[C@@H]4[C@@]5(C)CC=C(SC6=CC[C@]7(C)[C@H]8CC[C@@H]9[C@H]%10[C@H](C(=C)C)CC[C@]%10(C(=O)OCc%10ccccc%10)CC[C@@]9(C)[C@]8(C)CC[C@H]7C6(C)C)C(C)(C)[C@@H]5CC[C@]43C)[C@@H]12. The van der Waals surface area contributed by atoms with Gasteiger partial charge in [-0.25, -0.2) is 0 Å². The molecule has 12 rings (SSSR count). The average Bonchev–Trinajstić information content (AvgIpc) is 2.39. The van der Waals surface area contributed by atoms with E-state index in [2.05, 4.69) is 144 Å². The molecule has 0 aromatic heterocycles. The Balaban J connectivity index is 0.777. The van der Waals surface area contributed by atoms with E-state index < -0.39 is 10.8 Å². The number of benzene rings is 2. The Morgan fingerprint density at radius 1 is 0.468 bits per heavy atom. The predicted octanol–water partition coefficient (Wildman–Crippen LogP) is 19.5. The van der Waals surface area contributed by atoms with Crippen molar-refractivity contribution >= 4 is 23.7 Å². The van der Waals surface area contributed by atoms with Gasteiger partial charge in [0.1, 0.15) is 13.2 Å². The Kier molecular flexibility index (Phi) is 13.6. The molecule has 5 heteroatoms. The van der Waals surface area contributed by atoms with Crippen LogP contribution in [-0.4, -0.2) is 11.9 Å². The molecule has 10 aliphatic rings. The third-order valence-electron chi connectivity index (χ3n) is 28.6. The fourth-order valence-corrected chi connectivity index (χ4v) is 25.7. The van der Waals surface area contributed by atoms with E-state index in [9.17, 15) is 9.59 Å². The standard InChI is InChI=1S/C74H102O4S/c1-47(2)51-29-39-73(63(75)77-45-49-21-17-15-18-22-49)43-41-69(11)53(61(51)73)25-27-57-67(9)35-33-59(65(5,6)55(67)31-37-71(57,69)13)79-60-34-36-68(10)56(66(60,7)8)32-38-72(14)58(68)28-26-54-62-52(48(3)4)30-40-74(62,44-42-70(54,72)12)64(76)78-46-50-23-19-16-20-24-50/h15-24,33-34,51-58,61-62H,1,3,25-32,35-46H2,2,4-14H3/t51-,52-,53+,54+,55-,56-,57+,58+,61+,62+,67-,68-,69+,70+,71+,72+,73-,74-/m0/s1. The van der Waals surface area contributed by atoms with E-state index in [1.54, 1.807) is 9.81 Å². The number of rotatable bonds is 10. The van der Waals surface area contributed by atoms with Gasteiger partial charge in [-0.1, -0.05) is 178 Å². The zero-order chi connectivity index (χ0) is 56.1. The zero-order valence-electron chi connectivity index (χ0n) is 51.3. The minimum Gasteiger partial charge on any atom is -0.460 e. The molecule has 0 heterocycles. The van der Waals surface area contributed by atoms with Gasteiger partial charge in [-0.3, -0.25) is 9.59 Å². The second-order valence-electron chi connectivity index (χ2n) is 31.9. The van der Waals surface area contributed by atoms with Gasteiger partial charge in [0.05, 0.1) is 10.8 Å². The van der Waals surface area contributed by atoms with Gasteiger partial charge < -0.3 is 9.47 Å². The lowest BCUT2D eigenvalue weighted by atomic mass is 9.32. The second-order valence-corrected chi connectivity index (χ2v) is 33.0. The van der Waals surface area contributed by atoms with Gasteiger partial charge in [0, 0.05) is 0 Å². The van der Waals surface area contributed by atoms with Crippen LogP contribution in [0.25, 0.3) is 0 Å². The van der Waals surface area contributed by atoms with Crippen LogP contribution in [0.3, 0.4) is 0 Å². The first-order valence-electron chi connectivity index (χ1n) is 32.1. The number of thioether (sulfide) groups is 1. The van der Waals surface area contributed by atoms with E-state index in [1.807, 2.05) is 36.4 Å². The van der Waals surface area contributed by atoms with E-state index in [0.29, 0.717) is 72.4 Å². The maximum absolute atomic E-state index is 14.7. The maximum atomic E-state index is 14.7. The van der Waals surface area contributed by atoms with Gasteiger partial charge in [-0.15, -0.1) is 0 Å². The summed E-state index contributed by atoms with van der Waals surface area (Å²) in [7, 11) is 0. The first-order chi connectivity index (χ1) is 37.3. The number of allylic oxidation sites excluding steroid dienone is 6. The number of fused-ring (bicyclic) bond motifs is 14. The van der Waals surface area contributed by atoms with Crippen molar-refractivity contribution in [2.24, 2.45) is 113 Å². The summed E-state index contributed by atoms with van der Waals surface area (Å²) in [4.78, 5) is 32.6. The third kappa shape index (κ3) is 7.82. The minimum atomic E-state index is -0.405. The monoisotopic (exact) mass is 1090 g/mol. The van der Waals surface area contributed by atoms with Crippen molar-refractivity contribution in [3.63, 3.8) is 0 Å². The van der Waals surface area contributed by atoms with E-state index in [1.165, 1.54) is 75.4 Å². The van der Waals surface area contributed by atoms with Crippen molar-refractivity contribution in [1.82, 2.24) is 0 Å². The second kappa shape index (κ2) is 19.1. The van der Waals surface area contributed by atoms with E-state index in [0.717, 1.165) is 62.5 Å². The largest absolute Gasteiger partial charge is 0.460 e. The normalized spacial score (nSPS) is 45.9. The number of hydrogen-bond donors (Lipinski definition) is 0. The van der Waals surface area contributed by atoms with Crippen LogP contribution in [0.2, 0.25) is 0 Å². The molecule has 0 aliphatic heterocycles. The lowest BCUT2D eigenvalue weighted by Crippen LogP contribution is -2.66. The molecule has 8 fully saturated rings. The van der Waals surface area contributed by atoms with Crippen LogP contribution in [0.15, 0.2) is 107 Å². The summed E-state index contributed by atoms with van der Waals surface area (Å²) >= 11 is 2.21. The Bertz CT molecular complexity index is 2630. The summed E-state index contributed by atoms with van der Waals surface area (Å²) in [6.07, 6.45) is 26.1. The first-order valence-corrected chi connectivity index (χ1v) is 32.9. The Hall–Kier alpha value is -3.31. The average molecular weight is 1090 g/mol. The molecule has 428 valence electrons. The van der Waals surface area contributed by atoms with Crippen molar-refractivity contribution in [2.45, 2.75) is 212 Å². The summed E-state index contributed by atoms with van der Waals surface area (Å²) < 4.78 is 12.7. The number of carbonyl (C=O) groups excluding carboxylic acids is 2. The third-order valence-corrected chi connectivity index (χ3v) is 30.4. The van der Waals surface area contributed by atoms with Gasteiger partial charge in [0.2, 0.25) is 0 Å². The fraction of sp³-hybridized carbons (Fsp3) is 0.703. The highest BCUT2D eigenvalue weighted by atomic mass is 32.2. The highest BCUT2D eigenvalue weighted by Gasteiger charge is 2.74. The molecule has 2 aromatic carbocycles. The molecule has 2 aromatic rings. The minimum absolute atomic E-state index is 0.0665. The van der Waals surface area contributed by atoms with E-state index in [4.69, 9.17) is 9.47 Å². The molecule has 0 radical (unpaired) electrons. The molecule has 10 aliphatic carbocycles. The van der Waals surface area contributed by atoms with Crippen molar-refractivity contribution < 1.29 is 19.1 Å². The Morgan fingerprint density at radius 2 is 0.848 bits per heavy atom. The van der Waals surface area contributed by atoms with Crippen molar-refractivity contribution in [3.8, 4) is 0 Å². The molecule has 4 nitrogen and oxygen atoms in total. The summed E-state index contributed by atoms with van der Waals surface area (Å²) in [5, 5.41) is 0. The molecule has 18 atom stereocenters. The number of esters is 2. The molecule has 79 heavy (non-hydrogen) atoms. The summed E-state index contributed by atoms with van der Waals surface area (Å²) in [5.41, 5.74) is 5.25. The van der Waals surface area contributed by atoms with Crippen molar-refractivity contribution in [3.05, 3.63) is 118 Å². The van der Waals surface area contributed by atoms with Gasteiger partial charge in [0.15, 0.2) is 0 Å². The van der Waals surface area contributed by atoms with Crippen LogP contribution in [0, 0.1) is 113 Å². The Morgan fingerprint density at radius 3 is 1.22 bits per heavy atom. The van der Waals surface area contributed by atoms with Crippen molar-refractivity contribution in [1.29, 1.82) is 0 Å². The van der Waals surface area contributed by atoms with Crippen LogP contribution in [0.4, 0.5) is 0 Å². The van der Waals surface area contributed by atoms with Crippen LogP contribution < -0.4 is 0 Å². The highest BCUT2D eigenvalue weighted by Crippen LogP contribution is 2.81. The molecule has 0 unspecified atom stereocenters. The van der Waals surface area contributed by atoms with Crippen LogP contribution in [-0.2, 0) is 32.3 Å². The zero-order valence-corrected chi connectivity index (χ0v) is 52.1. The molecule has 0 spiro atoms. The van der Waals surface area contributed by atoms with Gasteiger partial charge in [0.25, 0.3) is 0 Å². The highest BCUT2D eigenvalue weighted by molar-refractivity contribution is 8.06. The van der Waals surface area contributed by atoms with Crippen LogP contribution in [0.5, 0.6) is 0 Å². The topological polar surface area (TPSA) is 52.6 Å². The number of carbonyl (C=O) groups is 2. The lowest BCUT2D eigenvalue weighted by molar-refractivity contribution is -0.230. The van der Waals surface area contributed by atoms with Crippen LogP contribution >= 0.6 is 11.8 Å². The quantitative estimate of drug-likeness (QED) is 0.175. The van der Waals surface area contributed by atoms with Gasteiger partial charge in [-0.05, 0) is 253 Å². The molecule has 0 bridgehead atoms. The maximum Gasteiger partial charge on any atom is 0.312 e. The van der Waals surface area contributed by atoms with E-state index in [-0.39, 0.29) is 55.3 Å². The van der Waals surface area contributed by atoms with Crippen molar-refractivity contribution in [2.75, 3.05) is 0 Å². The summed E-state index contributed by atoms with van der Waals surface area (Å²) in [6.45, 7) is 41.4. The van der Waals surface area contributed by atoms with E-state index >= 15 is 0 Å². The molecule has 0 saturated heterocycles. The van der Waals surface area contributed by atoms with Gasteiger partial charge in [-0.2, -0.15) is 0 Å².